The molecule has 0 saturated heterocycles. The summed E-state index contributed by atoms with van der Waals surface area (Å²) >= 11 is 7.01. The van der Waals surface area contributed by atoms with Gasteiger partial charge in [0.25, 0.3) is 0 Å². The summed E-state index contributed by atoms with van der Waals surface area (Å²) < 4.78 is 1.97. The van der Waals surface area contributed by atoms with Crippen LogP contribution < -0.4 is 0 Å². The van der Waals surface area contributed by atoms with E-state index in [9.17, 15) is 5.11 Å². The molecule has 2 aromatic rings. The molecule has 1 N–H and O–H groups in total. The molecule has 0 heterocycles. The van der Waals surface area contributed by atoms with Gasteiger partial charge < -0.3 is 5.11 Å². The summed E-state index contributed by atoms with van der Waals surface area (Å²) in [5.74, 6) is 0.0103. The van der Waals surface area contributed by atoms with Gasteiger partial charge >= 0.3 is 0 Å². The van der Waals surface area contributed by atoms with Gasteiger partial charge in [0.1, 0.15) is 0 Å². The normalized spacial score (nSPS) is 20.8. The minimum atomic E-state index is -0.512. The first-order valence-electron chi connectivity index (χ1n) is 6.48. The largest absolute Gasteiger partial charge is 0.387 e. The lowest BCUT2D eigenvalue weighted by Gasteiger charge is -2.26. The zero-order valence-electron chi connectivity index (χ0n) is 11.0. The number of hydrogen-bond acceptors (Lipinski definition) is 1. The average Bonchev–Trinajstić information content (AvgIpc) is 2.43. The van der Waals surface area contributed by atoms with E-state index < -0.39 is 6.10 Å². The standard InChI is InChI=1S/C17H14Br2O/c1-10-2-4-11(5-3-10)13-7-6-12-8-15(18)16(19)9-14(12)17(13)20/h2-9,13,17,20H,1H3/t13-,17+/m1/s1. The number of benzene rings is 2. The van der Waals surface area contributed by atoms with Gasteiger partial charge in [-0.25, -0.2) is 0 Å². The van der Waals surface area contributed by atoms with Crippen LogP contribution in [0.25, 0.3) is 6.08 Å². The molecule has 3 rings (SSSR count). The van der Waals surface area contributed by atoms with Crippen LogP contribution in [0, 0.1) is 6.92 Å². The van der Waals surface area contributed by atoms with Crippen LogP contribution in [0.3, 0.4) is 0 Å². The summed E-state index contributed by atoms with van der Waals surface area (Å²) in [4.78, 5) is 0. The molecule has 0 aromatic heterocycles. The first kappa shape index (κ1) is 14.1. The highest BCUT2D eigenvalue weighted by Gasteiger charge is 2.26. The van der Waals surface area contributed by atoms with E-state index in [4.69, 9.17) is 0 Å². The quantitative estimate of drug-likeness (QED) is 0.690. The Morgan fingerprint density at radius 3 is 2.35 bits per heavy atom. The zero-order chi connectivity index (χ0) is 14.3. The van der Waals surface area contributed by atoms with Crippen LogP contribution in [0.2, 0.25) is 0 Å². The summed E-state index contributed by atoms with van der Waals surface area (Å²) in [5.41, 5.74) is 4.41. The first-order chi connectivity index (χ1) is 9.56. The number of hydrogen-bond donors (Lipinski definition) is 1. The molecule has 1 nitrogen and oxygen atoms in total. The van der Waals surface area contributed by atoms with E-state index in [0.29, 0.717) is 0 Å². The van der Waals surface area contributed by atoms with Crippen LogP contribution in [0.4, 0.5) is 0 Å². The molecular weight excluding hydrogens is 380 g/mol. The lowest BCUT2D eigenvalue weighted by Crippen LogP contribution is -2.13. The fourth-order valence-corrected chi connectivity index (χ4v) is 3.29. The Bertz CT molecular complexity index is 674. The maximum Gasteiger partial charge on any atom is 0.0899 e. The van der Waals surface area contributed by atoms with Crippen LogP contribution >= 0.6 is 31.9 Å². The molecule has 0 radical (unpaired) electrons. The van der Waals surface area contributed by atoms with E-state index in [-0.39, 0.29) is 5.92 Å². The molecular formula is C17H14Br2O. The summed E-state index contributed by atoms with van der Waals surface area (Å²) in [5, 5.41) is 10.7. The zero-order valence-corrected chi connectivity index (χ0v) is 14.1. The van der Waals surface area contributed by atoms with E-state index >= 15 is 0 Å². The Morgan fingerprint density at radius 1 is 1.00 bits per heavy atom. The molecule has 1 aliphatic rings. The Balaban J connectivity index is 2.03. The molecule has 2 aromatic carbocycles. The summed E-state index contributed by atoms with van der Waals surface area (Å²) in [6.07, 6.45) is 3.66. The van der Waals surface area contributed by atoms with Gasteiger partial charge in [-0.1, -0.05) is 42.0 Å². The van der Waals surface area contributed by atoms with Crippen molar-refractivity contribution in [3.05, 3.63) is 73.7 Å². The summed E-state index contributed by atoms with van der Waals surface area (Å²) in [6, 6.07) is 12.4. The summed E-state index contributed by atoms with van der Waals surface area (Å²) in [7, 11) is 0. The number of aliphatic hydroxyl groups excluding tert-OH is 1. The van der Waals surface area contributed by atoms with Crippen molar-refractivity contribution in [2.24, 2.45) is 0 Å². The lowest BCUT2D eigenvalue weighted by atomic mass is 9.82. The van der Waals surface area contributed by atoms with E-state index in [0.717, 1.165) is 25.6 Å². The van der Waals surface area contributed by atoms with Gasteiger partial charge in [0, 0.05) is 14.9 Å². The van der Waals surface area contributed by atoms with Crippen LogP contribution in [-0.4, -0.2) is 5.11 Å². The van der Waals surface area contributed by atoms with Gasteiger partial charge in [0.15, 0.2) is 0 Å². The van der Waals surface area contributed by atoms with Crippen molar-refractivity contribution in [1.29, 1.82) is 0 Å². The van der Waals surface area contributed by atoms with Gasteiger partial charge in [-0.2, -0.15) is 0 Å². The maximum absolute atomic E-state index is 10.7. The van der Waals surface area contributed by atoms with Crippen LogP contribution in [0.1, 0.15) is 34.3 Å². The van der Waals surface area contributed by atoms with Gasteiger partial charge in [-0.15, -0.1) is 0 Å². The topological polar surface area (TPSA) is 20.2 Å². The number of rotatable bonds is 1. The van der Waals surface area contributed by atoms with Gasteiger partial charge in [0.05, 0.1) is 6.10 Å². The summed E-state index contributed by atoms with van der Waals surface area (Å²) in [6.45, 7) is 2.07. The Labute approximate surface area is 135 Å². The second-order valence-corrected chi connectivity index (χ2v) is 6.84. The molecule has 3 heteroatoms. The van der Waals surface area contributed by atoms with Crippen LogP contribution in [0.5, 0.6) is 0 Å². The van der Waals surface area contributed by atoms with Crippen molar-refractivity contribution in [2.45, 2.75) is 18.9 Å². The van der Waals surface area contributed by atoms with E-state index in [1.165, 1.54) is 5.56 Å². The van der Waals surface area contributed by atoms with Gasteiger partial charge in [0.2, 0.25) is 0 Å². The molecule has 0 bridgehead atoms. The molecule has 20 heavy (non-hydrogen) atoms. The number of halogens is 2. The van der Waals surface area contributed by atoms with Crippen molar-refractivity contribution < 1.29 is 5.11 Å². The molecule has 0 fully saturated rings. The van der Waals surface area contributed by atoms with Gasteiger partial charge in [-0.3, -0.25) is 0 Å². The number of aryl methyl sites for hydroxylation is 1. The SMILES string of the molecule is Cc1ccc([C@H]2C=Cc3cc(Br)c(Br)cc3[C@H]2O)cc1. The van der Waals surface area contributed by atoms with Crippen molar-refractivity contribution in [2.75, 3.05) is 0 Å². The Hall–Kier alpha value is -0.900. The molecule has 1 aliphatic carbocycles. The monoisotopic (exact) mass is 392 g/mol. The van der Waals surface area contributed by atoms with E-state index in [1.807, 2.05) is 12.1 Å². The van der Waals surface area contributed by atoms with Crippen LogP contribution in [-0.2, 0) is 0 Å². The molecule has 0 saturated carbocycles. The molecule has 102 valence electrons. The van der Waals surface area contributed by atoms with Crippen molar-refractivity contribution in [3.8, 4) is 0 Å². The molecule has 2 atom stereocenters. The molecule has 0 unspecified atom stereocenters. The van der Waals surface area contributed by atoms with Crippen LogP contribution in [0.15, 0.2) is 51.4 Å². The molecule has 0 amide bonds. The molecule has 0 spiro atoms. The van der Waals surface area contributed by atoms with Gasteiger partial charge in [-0.05, 0) is 67.6 Å². The van der Waals surface area contributed by atoms with Crippen molar-refractivity contribution in [3.63, 3.8) is 0 Å². The number of fused-ring (bicyclic) bond motifs is 1. The third-order valence-electron chi connectivity index (χ3n) is 3.73. The second kappa shape index (κ2) is 5.47. The highest BCUT2D eigenvalue weighted by Crippen LogP contribution is 2.41. The third-order valence-corrected chi connectivity index (χ3v) is 5.57. The highest BCUT2D eigenvalue weighted by atomic mass is 79.9. The predicted molar refractivity (Wildman–Crippen MR) is 89.8 cm³/mol. The van der Waals surface area contributed by atoms with Crippen molar-refractivity contribution >= 4 is 37.9 Å². The van der Waals surface area contributed by atoms with Crippen molar-refractivity contribution in [1.82, 2.24) is 0 Å². The minimum Gasteiger partial charge on any atom is -0.387 e. The third kappa shape index (κ3) is 2.50. The first-order valence-corrected chi connectivity index (χ1v) is 8.06. The van der Waals surface area contributed by atoms with E-state index in [2.05, 4.69) is 75.2 Å². The number of aliphatic hydroxyl groups is 1. The lowest BCUT2D eigenvalue weighted by molar-refractivity contribution is 0.160. The van der Waals surface area contributed by atoms with E-state index in [1.54, 1.807) is 0 Å². The molecule has 0 aliphatic heterocycles. The Morgan fingerprint density at radius 2 is 1.65 bits per heavy atom. The highest BCUT2D eigenvalue weighted by molar-refractivity contribution is 9.13. The average molecular weight is 394 g/mol. The predicted octanol–water partition coefficient (Wildman–Crippen LogP) is 5.36. The fraction of sp³-hybridized carbons (Fsp3) is 0.176. The fourth-order valence-electron chi connectivity index (χ4n) is 2.57. The smallest absolute Gasteiger partial charge is 0.0899 e. The second-order valence-electron chi connectivity index (χ2n) is 5.14. The Kier molecular flexibility index (Phi) is 3.85. The maximum atomic E-state index is 10.7. The minimum absolute atomic E-state index is 0.0103.